The summed E-state index contributed by atoms with van der Waals surface area (Å²) < 4.78 is 42.4. The van der Waals surface area contributed by atoms with Crippen molar-refractivity contribution < 1.29 is 76.3 Å². The van der Waals surface area contributed by atoms with Crippen molar-refractivity contribution in [3.63, 3.8) is 0 Å². The summed E-state index contributed by atoms with van der Waals surface area (Å²) in [5, 5.41) is 21.3. The lowest BCUT2D eigenvalue weighted by Gasteiger charge is -2.46. The molecule has 544 valence electrons. The van der Waals surface area contributed by atoms with Crippen molar-refractivity contribution >= 4 is 80.6 Å². The van der Waals surface area contributed by atoms with Crippen LogP contribution in [0.15, 0.2) is 215 Å². The van der Waals surface area contributed by atoms with E-state index in [9.17, 15) is 38.4 Å². The molecule has 0 heterocycles. The molecule has 1 aliphatic rings. The second-order valence-electron chi connectivity index (χ2n) is 24.3. The molecule has 24 nitrogen and oxygen atoms in total. The average Bonchev–Trinajstić information content (AvgIpc) is 0.796. The van der Waals surface area contributed by atoms with E-state index in [0.29, 0.717) is 80.4 Å². The third kappa shape index (κ3) is 33.3. The number of alkyl carbamates (subject to hydrolysis) is 2. The van der Waals surface area contributed by atoms with Gasteiger partial charge in [-0.05, 0) is 176 Å². The smallest absolute Gasteiger partial charge is 0.412 e. The van der Waals surface area contributed by atoms with Gasteiger partial charge in [0.2, 0.25) is 0 Å². The first-order valence-electron chi connectivity index (χ1n) is 32.9. The minimum atomic E-state index is -0.570. The summed E-state index contributed by atoms with van der Waals surface area (Å²) in [5.41, 5.74) is 5.47. The molecular formula is C77H86Br2N8O16. The summed E-state index contributed by atoms with van der Waals surface area (Å²) in [7, 11) is 0. The highest BCUT2D eigenvalue weighted by Crippen LogP contribution is 2.46. The van der Waals surface area contributed by atoms with Gasteiger partial charge in [0, 0.05) is 47.7 Å². The predicted molar refractivity (Wildman–Crippen MR) is 396 cm³/mol. The largest absolute Gasteiger partial charge is 0.450 e. The maximum atomic E-state index is 12.5. The minimum Gasteiger partial charge on any atom is -0.450 e. The predicted octanol–water partition coefficient (Wildman–Crippen LogP) is 16.3. The summed E-state index contributed by atoms with van der Waals surface area (Å²) in [4.78, 5) is 93.6. The zero-order valence-corrected chi connectivity index (χ0v) is 61.4. The van der Waals surface area contributed by atoms with Crippen LogP contribution in [-0.2, 0) is 35.7 Å². The normalized spacial score (nSPS) is 13.6. The van der Waals surface area contributed by atoms with Crippen molar-refractivity contribution in [3.05, 3.63) is 249 Å². The Labute approximate surface area is 616 Å². The Bertz CT molecular complexity index is 3870. The molecule has 2 unspecified atom stereocenters. The Balaban J connectivity index is 0.000000224. The van der Waals surface area contributed by atoms with E-state index in [0.717, 1.165) is 61.6 Å². The summed E-state index contributed by atoms with van der Waals surface area (Å²) in [6.45, 7) is 16.1. The number of amides is 8. The van der Waals surface area contributed by atoms with Gasteiger partial charge in [-0.2, -0.15) is 0 Å². The molecule has 9 rings (SSSR count). The van der Waals surface area contributed by atoms with Gasteiger partial charge < -0.3 is 80.4 Å². The lowest BCUT2D eigenvalue weighted by atomic mass is 9.62. The number of carbonyl (C=O) groups is 8. The Morgan fingerprint density at radius 1 is 0.369 bits per heavy atom. The molecule has 0 aromatic heterocycles. The quantitative estimate of drug-likeness (QED) is 0.0310. The number of para-hydroxylation sites is 2. The Kier molecular flexibility index (Phi) is 33.6. The molecule has 8 aromatic carbocycles. The van der Waals surface area contributed by atoms with Crippen LogP contribution >= 0.6 is 31.9 Å². The van der Waals surface area contributed by atoms with Crippen LogP contribution < -0.4 is 71.0 Å². The summed E-state index contributed by atoms with van der Waals surface area (Å²) in [6.07, 6.45) is -1.67. The molecule has 2 atom stereocenters. The van der Waals surface area contributed by atoms with Crippen molar-refractivity contribution in [2.75, 3.05) is 26.4 Å². The van der Waals surface area contributed by atoms with Gasteiger partial charge in [0.1, 0.15) is 34.5 Å². The van der Waals surface area contributed by atoms with E-state index >= 15 is 0 Å². The second-order valence-corrected chi connectivity index (χ2v) is 26.1. The van der Waals surface area contributed by atoms with Crippen LogP contribution in [0.3, 0.4) is 0 Å². The molecule has 26 heteroatoms. The highest BCUT2D eigenvalue weighted by atomic mass is 79.9. The van der Waals surface area contributed by atoms with Crippen LogP contribution in [0.5, 0.6) is 34.5 Å². The van der Waals surface area contributed by atoms with Gasteiger partial charge in [-0.15, -0.1) is 0 Å². The highest BCUT2D eigenvalue weighted by Gasteiger charge is 2.42. The molecule has 0 radical (unpaired) electrons. The fraction of sp³-hybridized carbons (Fsp3) is 0.273. The van der Waals surface area contributed by atoms with E-state index in [1.165, 1.54) is 0 Å². The number of halogens is 2. The van der Waals surface area contributed by atoms with Crippen LogP contribution in [0.2, 0.25) is 0 Å². The molecule has 1 fully saturated rings. The van der Waals surface area contributed by atoms with Crippen LogP contribution in [0.4, 0.5) is 38.4 Å². The number of rotatable bonds is 21. The third-order valence-corrected chi connectivity index (χ3v) is 15.5. The van der Waals surface area contributed by atoms with Crippen molar-refractivity contribution in [3.8, 4) is 34.5 Å². The molecule has 8 N–H and O–H groups in total. The molecule has 0 spiro atoms. The van der Waals surface area contributed by atoms with E-state index < -0.39 is 48.7 Å². The summed E-state index contributed by atoms with van der Waals surface area (Å²) in [6, 6.07) is 61.6. The Hall–Kier alpha value is -11.1. The third-order valence-electron chi connectivity index (χ3n) is 14.5. The van der Waals surface area contributed by atoms with E-state index in [-0.39, 0.29) is 23.5 Å². The topological polar surface area (TPSA) is 307 Å². The van der Waals surface area contributed by atoms with Crippen LogP contribution in [0.1, 0.15) is 87.3 Å². The van der Waals surface area contributed by atoms with Gasteiger partial charge in [0.05, 0.1) is 19.9 Å². The van der Waals surface area contributed by atoms with Crippen LogP contribution in [-0.4, -0.2) is 81.2 Å². The van der Waals surface area contributed by atoms with Gasteiger partial charge in [-0.1, -0.05) is 174 Å². The lowest BCUT2D eigenvalue weighted by molar-refractivity contribution is 0.0701. The highest BCUT2D eigenvalue weighted by molar-refractivity contribution is 9.10. The maximum Gasteiger partial charge on any atom is 0.412 e. The maximum absolute atomic E-state index is 12.5. The van der Waals surface area contributed by atoms with Gasteiger partial charge >= 0.3 is 48.7 Å². The molecule has 1 aliphatic carbocycles. The fourth-order valence-electron chi connectivity index (χ4n) is 10.4. The number of carbonyl (C=O) groups excluding carboxylic acids is 8. The number of hydrogen-bond donors (Lipinski definition) is 8. The van der Waals surface area contributed by atoms with E-state index in [2.05, 4.69) is 105 Å². The van der Waals surface area contributed by atoms with Crippen LogP contribution in [0.25, 0.3) is 0 Å². The first-order valence-corrected chi connectivity index (χ1v) is 34.5. The van der Waals surface area contributed by atoms with E-state index in [4.69, 9.17) is 28.4 Å². The average molecular weight is 1540 g/mol. The number of benzene rings is 8. The molecule has 1 saturated carbocycles. The monoisotopic (exact) mass is 1540 g/mol. The summed E-state index contributed by atoms with van der Waals surface area (Å²) >= 11 is 6.66. The van der Waals surface area contributed by atoms with E-state index in [1.807, 2.05) is 123 Å². The lowest BCUT2D eigenvalue weighted by Crippen LogP contribution is -2.51. The number of hydrogen-bond acceptors (Lipinski definition) is 16. The fourth-order valence-corrected chi connectivity index (χ4v) is 11.2. The first kappa shape index (κ1) is 80.9. The molecule has 0 aliphatic heterocycles. The number of ether oxygens (including phenoxy) is 8. The van der Waals surface area contributed by atoms with Gasteiger partial charge in [-0.3, -0.25) is 0 Å². The second kappa shape index (κ2) is 42.9. The Morgan fingerprint density at radius 3 is 1.12 bits per heavy atom. The molecule has 0 saturated heterocycles. The van der Waals surface area contributed by atoms with Gasteiger partial charge in [0.15, 0.2) is 0 Å². The SMILES string of the molecule is CCOC(=O)NCNC(=O)OCC.Cc1cccc(OC(=O)NCC2(C)CC(NC(=O)Oc3cccc(C)c3)CC(C)(C)C2)c1.O=C(NCc1ccc(CNC(=O)Oc2ccccc2)cc1)Oc1ccccc1.O=C(NCc1cccc(CNC(=O)Oc2cccc(Br)c2)c1)Oc1cccc(Br)c1. The van der Waals surface area contributed by atoms with Crippen LogP contribution in [0, 0.1) is 24.7 Å². The standard InChI is InChI=1S/C26H34N2O4.C22H18Br2N2O4.C22H20N2O4.C7H14N2O4/c1-18-8-6-10-21(12-18)31-23(29)27-17-26(5)15-20(14-25(3,4)16-26)28-24(30)32-22-11-7-9-19(2)13-22;23-17-6-2-8-19(11-17)29-21(27)25-13-15-4-1-5-16(10-15)14-26-22(28)30-20-9-3-7-18(24)12-20;25-21(27-19-7-3-1-4-8-19)23-15-17-11-13-18(14-12-17)16-24-22(26)28-20-9-5-2-6-10-20;1-3-12-6(10)8-5-9-7(11)13-4-2/h6-13,20H,14-17H2,1-5H3,(H,27,29)(H,28,30);1-12H,13-14H2,(H,25,27)(H,26,28);1-14H,15-16H2,(H,23,25)(H,24,26);3-5H2,1-2H3,(H,8,10)(H,9,11). The first-order chi connectivity index (χ1) is 49.4. The number of nitrogens with one attached hydrogen (secondary N) is 8. The molecule has 0 bridgehead atoms. The molecule has 8 amide bonds. The molecular weight excluding hydrogens is 1450 g/mol. The van der Waals surface area contributed by atoms with Gasteiger partial charge in [-0.25, -0.2) is 38.4 Å². The zero-order chi connectivity index (χ0) is 74.4. The summed E-state index contributed by atoms with van der Waals surface area (Å²) in [5.74, 6) is 2.93. The van der Waals surface area contributed by atoms with E-state index in [1.54, 1.807) is 111 Å². The van der Waals surface area contributed by atoms with Crippen molar-refractivity contribution in [2.24, 2.45) is 10.8 Å². The Morgan fingerprint density at radius 2 is 0.718 bits per heavy atom. The van der Waals surface area contributed by atoms with Crippen molar-refractivity contribution in [1.29, 1.82) is 0 Å². The molecule has 8 aromatic rings. The number of aryl methyl sites for hydroxylation is 2. The minimum absolute atomic E-state index is 0.00231. The van der Waals surface area contributed by atoms with Crippen molar-refractivity contribution in [1.82, 2.24) is 42.5 Å². The van der Waals surface area contributed by atoms with Gasteiger partial charge in [0.25, 0.3) is 0 Å². The molecule has 103 heavy (non-hydrogen) atoms. The van der Waals surface area contributed by atoms with Crippen molar-refractivity contribution in [2.45, 2.75) is 99.9 Å². The zero-order valence-electron chi connectivity index (χ0n) is 58.3.